The molecule has 2 atom stereocenters. The first-order valence-corrected chi connectivity index (χ1v) is 6.10. The summed E-state index contributed by atoms with van der Waals surface area (Å²) in [7, 11) is 0. The lowest BCUT2D eigenvalue weighted by molar-refractivity contribution is -0.385. The highest BCUT2D eigenvalue weighted by atomic mass is 16.6. The van der Waals surface area contributed by atoms with Crippen LogP contribution in [-0.4, -0.2) is 30.2 Å². The van der Waals surface area contributed by atoms with Crippen molar-refractivity contribution in [3.05, 3.63) is 33.9 Å². The Labute approximate surface area is 111 Å². The first kappa shape index (κ1) is 13.3. The van der Waals surface area contributed by atoms with Gasteiger partial charge in [-0.3, -0.25) is 10.1 Å². The molecule has 2 unspecified atom stereocenters. The molecular formula is C13H15N3O3. The van der Waals surface area contributed by atoms with E-state index in [0.29, 0.717) is 13.1 Å². The van der Waals surface area contributed by atoms with Crippen molar-refractivity contribution in [3.63, 3.8) is 0 Å². The summed E-state index contributed by atoms with van der Waals surface area (Å²) < 4.78 is 5.63. The molecule has 0 aromatic heterocycles. The monoisotopic (exact) mass is 261 g/mol. The number of benzene rings is 1. The van der Waals surface area contributed by atoms with Gasteiger partial charge >= 0.3 is 0 Å². The Morgan fingerprint density at radius 1 is 1.42 bits per heavy atom. The van der Waals surface area contributed by atoms with Crippen LogP contribution >= 0.6 is 0 Å². The molecule has 1 saturated heterocycles. The Morgan fingerprint density at radius 2 is 2.05 bits per heavy atom. The van der Waals surface area contributed by atoms with Gasteiger partial charge in [0.2, 0.25) is 0 Å². The molecule has 1 aromatic rings. The molecule has 6 nitrogen and oxygen atoms in total. The standard InChI is InChI=1S/C13H15N3O3/c1-9-7-15(8-10(2)19-9)12-4-3-11(6-14)13(5-12)16(17)18/h3-5,9-10H,7-8H2,1-2H3. The Balaban J connectivity index is 2.33. The highest BCUT2D eigenvalue weighted by molar-refractivity contribution is 5.60. The molecule has 2 rings (SSSR count). The summed E-state index contributed by atoms with van der Waals surface area (Å²) in [6.45, 7) is 5.32. The van der Waals surface area contributed by atoms with E-state index in [0.717, 1.165) is 5.69 Å². The van der Waals surface area contributed by atoms with Crippen LogP contribution in [0.3, 0.4) is 0 Å². The van der Waals surface area contributed by atoms with Crippen LogP contribution in [0.1, 0.15) is 19.4 Å². The van der Waals surface area contributed by atoms with E-state index in [2.05, 4.69) is 0 Å². The Bertz CT molecular complexity index is 528. The second-order valence-electron chi connectivity index (χ2n) is 4.73. The largest absolute Gasteiger partial charge is 0.372 e. The zero-order valence-corrected chi connectivity index (χ0v) is 10.9. The van der Waals surface area contributed by atoms with Gasteiger partial charge in [0.1, 0.15) is 11.6 Å². The third-order valence-electron chi connectivity index (χ3n) is 3.08. The zero-order chi connectivity index (χ0) is 14.0. The number of anilines is 1. The van der Waals surface area contributed by atoms with Crippen molar-refractivity contribution in [1.82, 2.24) is 0 Å². The van der Waals surface area contributed by atoms with E-state index >= 15 is 0 Å². The summed E-state index contributed by atoms with van der Waals surface area (Å²) in [6, 6.07) is 6.55. The Morgan fingerprint density at radius 3 is 2.58 bits per heavy atom. The summed E-state index contributed by atoms with van der Waals surface area (Å²) >= 11 is 0. The Hall–Kier alpha value is -2.13. The maximum atomic E-state index is 11.0. The number of nitrogens with zero attached hydrogens (tertiary/aromatic N) is 3. The first-order chi connectivity index (χ1) is 9.01. The molecule has 0 radical (unpaired) electrons. The number of morpholine rings is 1. The van der Waals surface area contributed by atoms with Crippen LogP contribution in [0.5, 0.6) is 0 Å². The lowest BCUT2D eigenvalue weighted by Gasteiger charge is -2.36. The van der Waals surface area contributed by atoms with Crippen molar-refractivity contribution in [1.29, 1.82) is 5.26 Å². The highest BCUT2D eigenvalue weighted by Gasteiger charge is 2.24. The quantitative estimate of drug-likeness (QED) is 0.601. The number of nitro groups is 1. The molecule has 0 spiro atoms. The predicted molar refractivity (Wildman–Crippen MR) is 70.0 cm³/mol. The van der Waals surface area contributed by atoms with Crippen LogP contribution in [0.15, 0.2) is 18.2 Å². The van der Waals surface area contributed by atoms with Crippen LogP contribution in [0.2, 0.25) is 0 Å². The van der Waals surface area contributed by atoms with Crippen LogP contribution in [-0.2, 0) is 4.74 Å². The van der Waals surface area contributed by atoms with Crippen molar-refractivity contribution >= 4 is 11.4 Å². The number of rotatable bonds is 2. The van der Waals surface area contributed by atoms with Gasteiger partial charge in [0.25, 0.3) is 5.69 Å². The Kier molecular flexibility index (Phi) is 3.67. The van der Waals surface area contributed by atoms with Gasteiger partial charge in [-0.1, -0.05) is 0 Å². The van der Waals surface area contributed by atoms with Crippen molar-refractivity contribution in [3.8, 4) is 6.07 Å². The minimum absolute atomic E-state index is 0.0819. The molecule has 0 saturated carbocycles. The second-order valence-corrected chi connectivity index (χ2v) is 4.73. The molecule has 100 valence electrons. The third-order valence-corrected chi connectivity index (χ3v) is 3.08. The van der Waals surface area contributed by atoms with E-state index in [1.54, 1.807) is 6.07 Å². The maximum absolute atomic E-state index is 11.0. The van der Waals surface area contributed by atoms with E-state index in [1.165, 1.54) is 12.1 Å². The molecule has 1 aliphatic heterocycles. The van der Waals surface area contributed by atoms with Gasteiger partial charge < -0.3 is 9.64 Å². The summed E-state index contributed by atoms with van der Waals surface area (Å²) in [6.07, 6.45) is 0.164. The molecule has 0 bridgehead atoms. The van der Waals surface area contributed by atoms with Crippen LogP contribution in [0.4, 0.5) is 11.4 Å². The van der Waals surface area contributed by atoms with Gasteiger partial charge in [0.15, 0.2) is 0 Å². The maximum Gasteiger partial charge on any atom is 0.289 e. The van der Waals surface area contributed by atoms with Crippen LogP contribution in [0, 0.1) is 21.4 Å². The molecule has 0 N–H and O–H groups in total. The normalized spacial score (nSPS) is 22.9. The van der Waals surface area contributed by atoms with Gasteiger partial charge in [0.05, 0.1) is 17.1 Å². The molecule has 1 heterocycles. The molecule has 19 heavy (non-hydrogen) atoms. The highest BCUT2D eigenvalue weighted by Crippen LogP contribution is 2.27. The molecule has 6 heteroatoms. The van der Waals surface area contributed by atoms with Crippen molar-refractivity contribution in [2.75, 3.05) is 18.0 Å². The van der Waals surface area contributed by atoms with E-state index in [1.807, 2.05) is 24.8 Å². The fraction of sp³-hybridized carbons (Fsp3) is 0.462. The zero-order valence-electron chi connectivity index (χ0n) is 10.9. The van der Waals surface area contributed by atoms with Crippen molar-refractivity contribution in [2.24, 2.45) is 0 Å². The summed E-state index contributed by atoms with van der Waals surface area (Å²) in [5, 5.41) is 19.8. The van der Waals surface area contributed by atoms with Gasteiger partial charge in [-0.15, -0.1) is 0 Å². The third kappa shape index (κ3) is 2.83. The average molecular weight is 261 g/mol. The van der Waals surface area contributed by atoms with Gasteiger partial charge in [-0.25, -0.2) is 0 Å². The molecule has 1 aliphatic rings. The first-order valence-electron chi connectivity index (χ1n) is 6.10. The summed E-state index contributed by atoms with van der Waals surface area (Å²) in [5.41, 5.74) is 0.697. The molecule has 1 aromatic carbocycles. The number of ether oxygens (including phenoxy) is 1. The molecule has 0 aliphatic carbocycles. The average Bonchev–Trinajstić information content (AvgIpc) is 2.36. The number of hydrogen-bond donors (Lipinski definition) is 0. The summed E-state index contributed by atoms with van der Waals surface area (Å²) in [5.74, 6) is 0. The SMILES string of the molecule is CC1CN(c2ccc(C#N)c([N+](=O)[O-])c2)CC(C)O1. The van der Waals surface area contributed by atoms with Crippen LogP contribution in [0.25, 0.3) is 0 Å². The second kappa shape index (κ2) is 5.24. The van der Waals surface area contributed by atoms with E-state index in [-0.39, 0.29) is 23.5 Å². The topological polar surface area (TPSA) is 79.4 Å². The fourth-order valence-corrected chi connectivity index (χ4v) is 2.35. The minimum Gasteiger partial charge on any atom is -0.372 e. The number of nitriles is 1. The molecule has 1 fully saturated rings. The summed E-state index contributed by atoms with van der Waals surface area (Å²) in [4.78, 5) is 12.5. The number of hydrogen-bond acceptors (Lipinski definition) is 5. The molecular weight excluding hydrogens is 246 g/mol. The number of nitro benzene ring substituents is 1. The molecule has 0 amide bonds. The van der Waals surface area contributed by atoms with E-state index in [4.69, 9.17) is 10.00 Å². The van der Waals surface area contributed by atoms with Gasteiger partial charge in [-0.2, -0.15) is 5.26 Å². The van der Waals surface area contributed by atoms with Gasteiger partial charge in [0, 0.05) is 24.8 Å². The minimum atomic E-state index is -0.518. The van der Waals surface area contributed by atoms with Gasteiger partial charge in [-0.05, 0) is 26.0 Å². The van der Waals surface area contributed by atoms with Crippen molar-refractivity contribution in [2.45, 2.75) is 26.1 Å². The smallest absolute Gasteiger partial charge is 0.289 e. The van der Waals surface area contributed by atoms with E-state index < -0.39 is 4.92 Å². The predicted octanol–water partition coefficient (Wildman–Crippen LogP) is 2.08. The fourth-order valence-electron chi connectivity index (χ4n) is 2.35. The van der Waals surface area contributed by atoms with E-state index in [9.17, 15) is 10.1 Å². The van der Waals surface area contributed by atoms with Crippen LogP contribution < -0.4 is 4.90 Å². The lowest BCUT2D eigenvalue weighted by atomic mass is 10.1. The van der Waals surface area contributed by atoms with Crippen molar-refractivity contribution < 1.29 is 9.66 Å². The lowest BCUT2D eigenvalue weighted by Crippen LogP contribution is -2.45.